The van der Waals surface area contributed by atoms with Crippen LogP contribution in [0.3, 0.4) is 0 Å². The number of aromatic nitrogens is 1. The summed E-state index contributed by atoms with van der Waals surface area (Å²) < 4.78 is 6.31. The number of nitrogens with two attached hydrogens (primary N) is 1. The van der Waals surface area contributed by atoms with Crippen molar-refractivity contribution in [2.24, 2.45) is 5.73 Å². The molecule has 2 saturated heterocycles. The Labute approximate surface area is 261 Å². The van der Waals surface area contributed by atoms with Crippen LogP contribution in [-0.2, 0) is 27.5 Å². The number of benzene rings is 2. The Morgan fingerprint density at radius 3 is 2.58 bits per heavy atom. The van der Waals surface area contributed by atoms with Crippen molar-refractivity contribution in [2.75, 3.05) is 26.2 Å². The van der Waals surface area contributed by atoms with E-state index in [0.29, 0.717) is 17.2 Å². The molecule has 0 spiro atoms. The number of carbonyl (C=O) groups is 4. The summed E-state index contributed by atoms with van der Waals surface area (Å²) in [7, 11) is 0. The van der Waals surface area contributed by atoms with Gasteiger partial charge in [-0.1, -0.05) is 12.1 Å². The molecule has 1 aromatic heterocycles. The molecular weight excluding hydrogens is 574 g/mol. The van der Waals surface area contributed by atoms with Crippen molar-refractivity contribution in [3.05, 3.63) is 70.9 Å². The van der Waals surface area contributed by atoms with Gasteiger partial charge < -0.3 is 25.4 Å². The minimum Gasteiger partial charge on any atom is -0.489 e. The first-order chi connectivity index (χ1) is 21.6. The van der Waals surface area contributed by atoms with Crippen molar-refractivity contribution in [3.8, 4) is 5.75 Å². The van der Waals surface area contributed by atoms with Crippen LogP contribution in [0.1, 0.15) is 72.1 Å². The largest absolute Gasteiger partial charge is 0.489 e. The maximum absolute atomic E-state index is 13.0. The zero-order valence-electron chi connectivity index (χ0n) is 25.5. The number of aliphatic carboxylic acids is 1. The minimum atomic E-state index is -1.04. The van der Waals surface area contributed by atoms with E-state index in [2.05, 4.69) is 35.2 Å². The van der Waals surface area contributed by atoms with E-state index in [1.165, 1.54) is 10.5 Å². The number of ether oxygens (including phenoxy) is 1. The van der Waals surface area contributed by atoms with Crippen LogP contribution in [0, 0.1) is 0 Å². The summed E-state index contributed by atoms with van der Waals surface area (Å²) in [6.07, 6.45) is 2.50. The third kappa shape index (κ3) is 6.78. The van der Waals surface area contributed by atoms with Crippen LogP contribution >= 0.6 is 0 Å². The SMILES string of the molecule is CC(=O)N1CCC(c2ccc3cc(CN4CCC(Oc5ccc6c(c5)CN(C(CCC(=O)O)C(N)=O)C6=O)C4)ccc3n2)CC1. The first kappa shape index (κ1) is 30.5. The van der Waals surface area contributed by atoms with Crippen LogP contribution in [0.25, 0.3) is 10.9 Å². The Balaban J connectivity index is 1.04. The van der Waals surface area contributed by atoms with Crippen molar-refractivity contribution >= 4 is 34.6 Å². The fraction of sp³-hybridized carbons (Fsp3) is 0.441. The molecule has 2 aromatic carbocycles. The van der Waals surface area contributed by atoms with E-state index >= 15 is 0 Å². The number of pyridine rings is 1. The average Bonchev–Trinajstić information content (AvgIpc) is 3.59. The second-order valence-corrected chi connectivity index (χ2v) is 12.4. The second-order valence-electron chi connectivity index (χ2n) is 12.4. The van der Waals surface area contributed by atoms with Crippen LogP contribution in [0.2, 0.25) is 0 Å². The number of carboxylic acids is 1. The van der Waals surface area contributed by atoms with Gasteiger partial charge in [0.25, 0.3) is 5.91 Å². The van der Waals surface area contributed by atoms with E-state index < -0.39 is 17.9 Å². The standard InChI is InChI=1S/C34H39N5O6/c1-21(40)38-14-10-23(11-15-38)29-7-3-24-16-22(2-6-30(24)36-29)18-37-13-12-27(20-37)45-26-4-5-28-25(17-26)19-39(34(28)44)31(33(35)43)8-9-32(41)42/h2-7,16-17,23,27,31H,8-15,18-20H2,1H3,(H2,35,43)(H,41,42). The summed E-state index contributed by atoms with van der Waals surface area (Å²) in [4.78, 5) is 58.3. The van der Waals surface area contributed by atoms with E-state index in [4.69, 9.17) is 20.6 Å². The molecule has 11 heteroatoms. The smallest absolute Gasteiger partial charge is 0.303 e. The highest BCUT2D eigenvalue weighted by molar-refractivity contribution is 6.01. The van der Waals surface area contributed by atoms with Gasteiger partial charge in [0.05, 0.1) is 5.52 Å². The lowest BCUT2D eigenvalue weighted by Crippen LogP contribution is -2.45. The molecule has 11 nitrogen and oxygen atoms in total. The maximum atomic E-state index is 13.0. The number of amides is 3. The van der Waals surface area contributed by atoms with Gasteiger partial charge in [-0.2, -0.15) is 0 Å². The van der Waals surface area contributed by atoms with Gasteiger partial charge in [-0.05, 0) is 73.2 Å². The summed E-state index contributed by atoms with van der Waals surface area (Å²) in [5.41, 5.74) is 10.0. The number of carbonyl (C=O) groups excluding carboxylic acids is 3. The lowest BCUT2D eigenvalue weighted by atomic mass is 9.92. The Kier molecular flexibility index (Phi) is 8.71. The monoisotopic (exact) mass is 613 g/mol. The van der Waals surface area contributed by atoms with Crippen molar-refractivity contribution in [2.45, 2.75) is 70.2 Å². The Bertz CT molecular complexity index is 1630. The molecule has 4 heterocycles. The fourth-order valence-electron chi connectivity index (χ4n) is 6.85. The lowest BCUT2D eigenvalue weighted by molar-refractivity contribution is -0.137. The molecule has 6 rings (SSSR count). The van der Waals surface area contributed by atoms with Crippen molar-refractivity contribution < 1.29 is 29.0 Å². The second kappa shape index (κ2) is 12.8. The van der Waals surface area contributed by atoms with Crippen LogP contribution in [0.15, 0.2) is 48.5 Å². The van der Waals surface area contributed by atoms with Crippen LogP contribution in [-0.4, -0.2) is 86.8 Å². The normalized spacial score (nSPS) is 19.6. The van der Waals surface area contributed by atoms with Gasteiger partial charge in [-0.3, -0.25) is 29.1 Å². The summed E-state index contributed by atoms with van der Waals surface area (Å²) in [5.74, 6) is -0.893. The number of piperidine rings is 1. The Hall–Kier alpha value is -4.51. The zero-order valence-corrected chi connectivity index (χ0v) is 25.5. The number of nitrogens with zero attached hydrogens (tertiary/aromatic N) is 4. The number of primary amides is 1. The number of carboxylic acid groups (broad SMARTS) is 1. The van der Waals surface area contributed by atoms with Crippen LogP contribution in [0.5, 0.6) is 5.75 Å². The molecule has 3 amide bonds. The van der Waals surface area contributed by atoms with Crippen molar-refractivity contribution in [1.29, 1.82) is 0 Å². The summed E-state index contributed by atoms with van der Waals surface area (Å²) >= 11 is 0. The Morgan fingerprint density at radius 1 is 1.04 bits per heavy atom. The van der Waals surface area contributed by atoms with Gasteiger partial charge in [0.15, 0.2) is 0 Å². The first-order valence-corrected chi connectivity index (χ1v) is 15.6. The quantitative estimate of drug-likeness (QED) is 0.354. The van der Waals surface area contributed by atoms with Gasteiger partial charge in [-0.15, -0.1) is 0 Å². The third-order valence-corrected chi connectivity index (χ3v) is 9.32. The molecule has 45 heavy (non-hydrogen) atoms. The highest BCUT2D eigenvalue weighted by Crippen LogP contribution is 2.31. The van der Waals surface area contributed by atoms with Crippen molar-refractivity contribution in [1.82, 2.24) is 19.7 Å². The molecule has 0 bridgehead atoms. The van der Waals surface area contributed by atoms with Gasteiger partial charge in [-0.25, -0.2) is 0 Å². The summed E-state index contributed by atoms with van der Waals surface area (Å²) in [6.45, 7) is 5.88. The van der Waals surface area contributed by atoms with E-state index in [0.717, 1.165) is 74.1 Å². The van der Waals surface area contributed by atoms with Crippen molar-refractivity contribution in [3.63, 3.8) is 0 Å². The van der Waals surface area contributed by atoms with Crippen LogP contribution in [0.4, 0.5) is 0 Å². The number of hydrogen-bond donors (Lipinski definition) is 2. The number of fused-ring (bicyclic) bond motifs is 2. The minimum absolute atomic E-state index is 0.00397. The van der Waals surface area contributed by atoms with Gasteiger partial charge in [0.2, 0.25) is 11.8 Å². The third-order valence-electron chi connectivity index (χ3n) is 9.32. The Morgan fingerprint density at radius 2 is 1.84 bits per heavy atom. The molecule has 3 aromatic rings. The van der Waals surface area contributed by atoms with Crippen LogP contribution < -0.4 is 10.5 Å². The maximum Gasteiger partial charge on any atom is 0.303 e. The van der Waals surface area contributed by atoms with E-state index in [-0.39, 0.29) is 37.3 Å². The van der Waals surface area contributed by atoms with Gasteiger partial charge >= 0.3 is 5.97 Å². The predicted octanol–water partition coefficient (Wildman–Crippen LogP) is 3.29. The molecule has 3 N–H and O–H groups in total. The van der Waals surface area contributed by atoms with Gasteiger partial charge in [0, 0.05) is 75.2 Å². The highest BCUT2D eigenvalue weighted by Gasteiger charge is 2.36. The number of hydrogen-bond acceptors (Lipinski definition) is 7. The van der Waals surface area contributed by atoms with E-state index in [1.807, 2.05) is 11.0 Å². The molecule has 2 atom stereocenters. The van der Waals surface area contributed by atoms with E-state index in [9.17, 15) is 19.2 Å². The molecule has 2 fully saturated rings. The molecular formula is C34H39N5O6. The summed E-state index contributed by atoms with van der Waals surface area (Å²) in [5, 5.41) is 10.1. The molecule has 0 aliphatic carbocycles. The highest BCUT2D eigenvalue weighted by atomic mass is 16.5. The molecule has 236 valence electrons. The zero-order chi connectivity index (χ0) is 31.7. The topological polar surface area (TPSA) is 146 Å². The predicted molar refractivity (Wildman–Crippen MR) is 166 cm³/mol. The number of likely N-dealkylation sites (tertiary alicyclic amines) is 2. The lowest BCUT2D eigenvalue weighted by Gasteiger charge is -2.31. The van der Waals surface area contributed by atoms with Gasteiger partial charge in [0.1, 0.15) is 17.9 Å². The fourth-order valence-corrected chi connectivity index (χ4v) is 6.85. The number of rotatable bonds is 10. The molecule has 2 unspecified atom stereocenters. The van der Waals surface area contributed by atoms with E-state index in [1.54, 1.807) is 19.1 Å². The first-order valence-electron chi connectivity index (χ1n) is 15.6. The average molecular weight is 614 g/mol. The molecule has 0 radical (unpaired) electrons. The molecule has 3 aliphatic rings. The molecule has 0 saturated carbocycles. The molecule has 3 aliphatic heterocycles. The summed E-state index contributed by atoms with van der Waals surface area (Å²) in [6, 6.07) is 15.1.